The Morgan fingerprint density at radius 3 is 2.54 bits per heavy atom. The van der Waals surface area contributed by atoms with Crippen molar-refractivity contribution in [2.45, 2.75) is 82.9 Å². The van der Waals surface area contributed by atoms with Crippen LogP contribution in [0.25, 0.3) is 0 Å². The number of aliphatic hydroxyl groups is 1. The molecule has 0 spiro atoms. The molecule has 2 fully saturated rings. The molecular weight excluding hydrogens is 460 g/mol. The predicted molar refractivity (Wildman–Crippen MR) is 148 cm³/mol. The summed E-state index contributed by atoms with van der Waals surface area (Å²) >= 11 is 0. The van der Waals surface area contributed by atoms with E-state index in [1.54, 1.807) is 6.07 Å². The fourth-order valence-corrected chi connectivity index (χ4v) is 8.07. The van der Waals surface area contributed by atoms with E-state index in [4.69, 9.17) is 0 Å². The SMILES string of the molecule is CCCC(C(C)C12c3cc(O)ccc3CC1CN(CC1CC1)C(C)C2(C)O)N(C)C(=O)c1ccccc1. The van der Waals surface area contributed by atoms with Crippen molar-refractivity contribution >= 4 is 5.91 Å². The first kappa shape index (κ1) is 26.2. The van der Waals surface area contributed by atoms with Crippen LogP contribution in [-0.2, 0) is 11.8 Å². The van der Waals surface area contributed by atoms with E-state index in [0.29, 0.717) is 5.56 Å². The van der Waals surface area contributed by atoms with Crippen molar-refractivity contribution in [3.63, 3.8) is 0 Å². The summed E-state index contributed by atoms with van der Waals surface area (Å²) in [5, 5.41) is 23.3. The molecule has 200 valence electrons. The number of likely N-dealkylation sites (tertiary alicyclic amines) is 1. The summed E-state index contributed by atoms with van der Waals surface area (Å²) in [6.07, 6.45) is 5.27. The second-order valence-corrected chi connectivity index (χ2v) is 12.3. The van der Waals surface area contributed by atoms with Crippen LogP contribution in [0.15, 0.2) is 48.5 Å². The van der Waals surface area contributed by atoms with Gasteiger partial charge in [-0.1, -0.05) is 44.5 Å². The first-order valence-corrected chi connectivity index (χ1v) is 14.2. The van der Waals surface area contributed by atoms with E-state index in [0.717, 1.165) is 43.8 Å². The lowest BCUT2D eigenvalue weighted by molar-refractivity contribution is -0.168. The minimum Gasteiger partial charge on any atom is -0.508 e. The number of amides is 1. The molecule has 2 N–H and O–H groups in total. The lowest BCUT2D eigenvalue weighted by Gasteiger charge is -2.62. The first-order valence-electron chi connectivity index (χ1n) is 14.2. The first-order chi connectivity index (χ1) is 17.6. The van der Waals surface area contributed by atoms with Crippen LogP contribution >= 0.6 is 0 Å². The van der Waals surface area contributed by atoms with Gasteiger partial charge in [0.15, 0.2) is 0 Å². The number of nitrogens with zero attached hydrogens (tertiary/aromatic N) is 2. The predicted octanol–water partition coefficient (Wildman–Crippen LogP) is 5.24. The molecule has 1 saturated heterocycles. The molecule has 2 aliphatic carbocycles. The van der Waals surface area contributed by atoms with Gasteiger partial charge >= 0.3 is 0 Å². The Morgan fingerprint density at radius 2 is 1.89 bits per heavy atom. The number of benzene rings is 2. The van der Waals surface area contributed by atoms with E-state index in [9.17, 15) is 15.0 Å². The highest BCUT2D eigenvalue weighted by atomic mass is 16.3. The van der Waals surface area contributed by atoms with Crippen molar-refractivity contribution < 1.29 is 15.0 Å². The van der Waals surface area contributed by atoms with E-state index >= 15 is 0 Å². The summed E-state index contributed by atoms with van der Waals surface area (Å²) in [5.41, 5.74) is 1.38. The van der Waals surface area contributed by atoms with Crippen molar-refractivity contribution in [3.05, 3.63) is 65.2 Å². The van der Waals surface area contributed by atoms with Crippen LogP contribution < -0.4 is 0 Å². The number of piperidine rings is 1. The van der Waals surface area contributed by atoms with Gasteiger partial charge in [0.25, 0.3) is 5.91 Å². The van der Waals surface area contributed by atoms with Gasteiger partial charge < -0.3 is 15.1 Å². The summed E-state index contributed by atoms with van der Waals surface area (Å²) in [7, 11) is 1.93. The fourth-order valence-electron chi connectivity index (χ4n) is 8.07. The van der Waals surface area contributed by atoms with Gasteiger partial charge in [-0.05, 0) is 92.7 Å². The van der Waals surface area contributed by atoms with Gasteiger partial charge in [-0.15, -0.1) is 0 Å². The second kappa shape index (κ2) is 9.74. The smallest absolute Gasteiger partial charge is 0.253 e. The average molecular weight is 505 g/mol. The Balaban J connectivity index is 1.61. The van der Waals surface area contributed by atoms with Crippen LogP contribution in [0.2, 0.25) is 0 Å². The number of aromatic hydroxyl groups is 1. The van der Waals surface area contributed by atoms with E-state index < -0.39 is 11.0 Å². The van der Waals surface area contributed by atoms with Crippen molar-refractivity contribution in [2.75, 3.05) is 20.1 Å². The molecule has 5 nitrogen and oxygen atoms in total. The summed E-state index contributed by atoms with van der Waals surface area (Å²) in [4.78, 5) is 18.1. The molecule has 1 heterocycles. The summed E-state index contributed by atoms with van der Waals surface area (Å²) in [6, 6.07) is 15.2. The molecule has 2 aromatic carbocycles. The molecule has 0 aromatic heterocycles. The van der Waals surface area contributed by atoms with Gasteiger partial charge in [-0.3, -0.25) is 9.69 Å². The number of carbonyl (C=O) groups is 1. The third kappa shape index (κ3) is 4.19. The molecule has 3 aliphatic rings. The summed E-state index contributed by atoms with van der Waals surface area (Å²) in [5.74, 6) is 1.21. The highest BCUT2D eigenvalue weighted by Crippen LogP contribution is 2.60. The van der Waals surface area contributed by atoms with E-state index in [-0.39, 0.29) is 35.6 Å². The maximum atomic E-state index is 13.7. The Bertz CT molecular complexity index is 1130. The van der Waals surface area contributed by atoms with Crippen LogP contribution in [-0.4, -0.2) is 63.7 Å². The maximum absolute atomic E-state index is 13.7. The van der Waals surface area contributed by atoms with Crippen LogP contribution in [0.5, 0.6) is 5.75 Å². The second-order valence-electron chi connectivity index (χ2n) is 12.3. The largest absolute Gasteiger partial charge is 0.508 e. The standard InChI is InChI=1S/C32H44N2O3/c1-6-10-29(33(5)30(36)24-11-8-7-9-12-24)21(2)32-26(17-25-15-16-27(35)18-28(25)32)20-34(19-23-13-14-23)22(3)31(32,4)37/h7-9,11-12,15-16,18,21-23,26,29,35,37H,6,10,13-14,17,19-20H2,1-5H3. The number of hydrogen-bond acceptors (Lipinski definition) is 4. The molecule has 6 atom stereocenters. The zero-order valence-electron chi connectivity index (χ0n) is 23.2. The molecular formula is C32H44N2O3. The van der Waals surface area contributed by atoms with Gasteiger partial charge in [0.05, 0.1) is 5.60 Å². The zero-order chi connectivity index (χ0) is 26.5. The molecule has 1 aliphatic heterocycles. The number of phenols is 1. The molecule has 1 amide bonds. The highest BCUT2D eigenvalue weighted by Gasteiger charge is 2.67. The molecule has 1 saturated carbocycles. The Morgan fingerprint density at radius 1 is 1.19 bits per heavy atom. The van der Waals surface area contributed by atoms with Gasteiger partial charge in [-0.25, -0.2) is 0 Å². The highest BCUT2D eigenvalue weighted by molar-refractivity contribution is 5.94. The Hall–Kier alpha value is -2.37. The molecule has 37 heavy (non-hydrogen) atoms. The number of carbonyl (C=O) groups excluding carboxylic acids is 1. The normalized spacial score (nSPS) is 30.9. The van der Waals surface area contributed by atoms with Crippen molar-refractivity contribution in [1.29, 1.82) is 0 Å². The van der Waals surface area contributed by atoms with Crippen LogP contribution in [0.1, 0.15) is 74.9 Å². The molecule has 5 heteroatoms. The Kier molecular flexibility index (Phi) is 6.91. The van der Waals surface area contributed by atoms with Crippen molar-refractivity contribution in [1.82, 2.24) is 9.80 Å². The number of rotatable bonds is 8. The zero-order valence-corrected chi connectivity index (χ0v) is 23.2. The van der Waals surface area contributed by atoms with Gasteiger partial charge in [0.1, 0.15) is 5.75 Å². The molecule has 0 bridgehead atoms. The summed E-state index contributed by atoms with van der Waals surface area (Å²) in [6.45, 7) is 10.6. The monoisotopic (exact) mass is 504 g/mol. The number of fused-ring (bicyclic) bond motifs is 3. The summed E-state index contributed by atoms with van der Waals surface area (Å²) < 4.78 is 0. The fraction of sp³-hybridized carbons (Fsp3) is 0.594. The van der Waals surface area contributed by atoms with Gasteiger partial charge in [0, 0.05) is 43.2 Å². The van der Waals surface area contributed by atoms with Gasteiger partial charge in [0.2, 0.25) is 0 Å². The molecule has 2 aromatic rings. The lowest BCUT2D eigenvalue weighted by Crippen LogP contribution is -2.73. The lowest BCUT2D eigenvalue weighted by atomic mass is 9.51. The van der Waals surface area contributed by atoms with E-state index in [1.165, 1.54) is 18.4 Å². The third-order valence-corrected chi connectivity index (χ3v) is 10.2. The van der Waals surface area contributed by atoms with Crippen LogP contribution in [0.3, 0.4) is 0 Å². The maximum Gasteiger partial charge on any atom is 0.253 e. The molecule has 0 radical (unpaired) electrons. The molecule has 5 rings (SSSR count). The van der Waals surface area contributed by atoms with Crippen LogP contribution in [0.4, 0.5) is 0 Å². The minimum atomic E-state index is -1.04. The Labute approximate surface area is 222 Å². The number of hydrogen-bond donors (Lipinski definition) is 2. The third-order valence-electron chi connectivity index (χ3n) is 10.2. The van der Waals surface area contributed by atoms with E-state index in [2.05, 4.69) is 31.7 Å². The average Bonchev–Trinajstić information content (AvgIpc) is 3.64. The quantitative estimate of drug-likeness (QED) is 0.516. The van der Waals surface area contributed by atoms with Gasteiger partial charge in [-0.2, -0.15) is 0 Å². The van der Waals surface area contributed by atoms with Crippen molar-refractivity contribution in [2.24, 2.45) is 17.8 Å². The topological polar surface area (TPSA) is 64.0 Å². The van der Waals surface area contributed by atoms with Crippen LogP contribution in [0, 0.1) is 17.8 Å². The van der Waals surface area contributed by atoms with E-state index in [1.807, 2.05) is 55.3 Å². The molecule has 6 unspecified atom stereocenters. The minimum absolute atomic E-state index is 0.0151. The van der Waals surface area contributed by atoms with Crippen molar-refractivity contribution in [3.8, 4) is 5.75 Å². The number of phenolic OH excluding ortho intramolecular Hbond substituents is 1.